The van der Waals surface area contributed by atoms with E-state index in [9.17, 15) is 14.4 Å². The van der Waals surface area contributed by atoms with Gasteiger partial charge in [-0.15, -0.1) is 0 Å². The molecule has 0 bridgehead atoms. The summed E-state index contributed by atoms with van der Waals surface area (Å²) in [5, 5.41) is 0. The number of amides is 4. The van der Waals surface area contributed by atoms with Crippen LogP contribution in [0.5, 0.6) is 0 Å². The first-order chi connectivity index (χ1) is 12.2. The van der Waals surface area contributed by atoms with Crippen LogP contribution in [0.25, 0.3) is 0 Å². The highest BCUT2D eigenvalue weighted by molar-refractivity contribution is 6.05. The van der Waals surface area contributed by atoms with Gasteiger partial charge in [0.1, 0.15) is 6.04 Å². The third-order valence-electron chi connectivity index (χ3n) is 5.06. The lowest BCUT2D eigenvalue weighted by atomic mass is 9.91. The van der Waals surface area contributed by atoms with E-state index in [2.05, 4.69) is 0 Å². The van der Waals surface area contributed by atoms with Crippen molar-refractivity contribution >= 4 is 17.8 Å². The molecule has 0 aliphatic carbocycles. The number of urea groups is 1. The van der Waals surface area contributed by atoms with Crippen molar-refractivity contribution in [2.75, 3.05) is 19.6 Å². The van der Waals surface area contributed by atoms with Crippen molar-refractivity contribution < 1.29 is 14.4 Å². The Morgan fingerprint density at radius 3 is 2.42 bits per heavy atom. The smallest absolute Gasteiger partial charge is 0.328 e. The quantitative estimate of drug-likeness (QED) is 0.782. The van der Waals surface area contributed by atoms with E-state index in [1.165, 1.54) is 4.90 Å². The van der Waals surface area contributed by atoms with Gasteiger partial charge in [0.25, 0.3) is 5.91 Å². The highest BCUT2D eigenvalue weighted by Crippen LogP contribution is 2.31. The van der Waals surface area contributed by atoms with Crippen molar-refractivity contribution in [3.8, 4) is 0 Å². The van der Waals surface area contributed by atoms with Crippen LogP contribution in [0.1, 0.15) is 45.7 Å². The minimum Gasteiger partial charge on any atom is -0.338 e. The van der Waals surface area contributed by atoms with Crippen molar-refractivity contribution in [2.45, 2.75) is 46.2 Å². The van der Waals surface area contributed by atoms with E-state index in [4.69, 9.17) is 0 Å². The van der Waals surface area contributed by atoms with Gasteiger partial charge in [-0.2, -0.15) is 0 Å². The molecule has 2 heterocycles. The van der Waals surface area contributed by atoms with E-state index in [1.54, 1.807) is 9.80 Å². The highest BCUT2D eigenvalue weighted by Gasteiger charge is 2.50. The van der Waals surface area contributed by atoms with Crippen LogP contribution >= 0.6 is 0 Å². The standard InChI is InChI=1S/C20H27N3O3/c1-14(15-8-6-5-7-9-15)23-18(25)16-13-21(10-11-22(16)19(23)26)17(24)12-20(2,3)4/h5-9,14,16H,10-13H2,1-4H3/t14-,16+/m1/s1. The largest absolute Gasteiger partial charge is 0.338 e. The number of carbonyl (C=O) groups is 3. The number of carbonyl (C=O) groups excluding carboxylic acids is 3. The number of imide groups is 1. The molecule has 140 valence electrons. The Labute approximate surface area is 154 Å². The van der Waals surface area contributed by atoms with Gasteiger partial charge in [0, 0.05) is 19.5 Å². The van der Waals surface area contributed by atoms with Crippen molar-refractivity contribution in [3.05, 3.63) is 35.9 Å². The molecule has 0 saturated carbocycles. The minimum absolute atomic E-state index is 0.0481. The van der Waals surface area contributed by atoms with Gasteiger partial charge in [0.2, 0.25) is 5.91 Å². The molecule has 6 heteroatoms. The van der Waals surface area contributed by atoms with Crippen molar-refractivity contribution in [1.82, 2.24) is 14.7 Å². The van der Waals surface area contributed by atoms with Crippen LogP contribution in [0.15, 0.2) is 30.3 Å². The molecule has 3 rings (SSSR count). The fraction of sp³-hybridized carbons (Fsp3) is 0.550. The number of benzene rings is 1. The maximum absolute atomic E-state index is 12.9. The lowest BCUT2D eigenvalue weighted by Crippen LogP contribution is -2.55. The van der Waals surface area contributed by atoms with Crippen LogP contribution in [-0.4, -0.2) is 58.2 Å². The molecule has 1 aromatic carbocycles. The molecule has 6 nitrogen and oxygen atoms in total. The first-order valence-corrected chi connectivity index (χ1v) is 9.15. The molecule has 2 saturated heterocycles. The fourth-order valence-electron chi connectivity index (χ4n) is 3.65. The van der Waals surface area contributed by atoms with Gasteiger partial charge < -0.3 is 9.80 Å². The molecular formula is C20H27N3O3. The van der Waals surface area contributed by atoms with Crippen LogP contribution in [0.2, 0.25) is 0 Å². The predicted octanol–water partition coefficient (Wildman–Crippen LogP) is 2.66. The van der Waals surface area contributed by atoms with Gasteiger partial charge in [-0.1, -0.05) is 51.1 Å². The molecule has 4 amide bonds. The van der Waals surface area contributed by atoms with Crippen LogP contribution < -0.4 is 0 Å². The topological polar surface area (TPSA) is 60.9 Å². The second kappa shape index (κ2) is 6.74. The predicted molar refractivity (Wildman–Crippen MR) is 98.2 cm³/mol. The van der Waals surface area contributed by atoms with Gasteiger partial charge in [0.05, 0.1) is 12.6 Å². The van der Waals surface area contributed by atoms with Crippen LogP contribution in [0.3, 0.4) is 0 Å². The van der Waals surface area contributed by atoms with Crippen LogP contribution in [0, 0.1) is 5.41 Å². The molecule has 26 heavy (non-hydrogen) atoms. The molecule has 0 unspecified atom stereocenters. The summed E-state index contributed by atoms with van der Waals surface area (Å²) in [6.07, 6.45) is 0.436. The number of hydrogen-bond acceptors (Lipinski definition) is 3. The summed E-state index contributed by atoms with van der Waals surface area (Å²) in [7, 11) is 0. The van der Waals surface area contributed by atoms with Gasteiger partial charge in [0.15, 0.2) is 0 Å². The van der Waals surface area contributed by atoms with E-state index >= 15 is 0 Å². The van der Waals surface area contributed by atoms with Crippen LogP contribution in [0.4, 0.5) is 4.79 Å². The van der Waals surface area contributed by atoms with E-state index < -0.39 is 6.04 Å². The van der Waals surface area contributed by atoms with E-state index in [0.717, 1.165) is 5.56 Å². The molecule has 1 aromatic rings. The maximum Gasteiger partial charge on any atom is 0.328 e. The Bertz CT molecular complexity index is 711. The monoisotopic (exact) mass is 357 g/mol. The Morgan fingerprint density at radius 2 is 1.81 bits per heavy atom. The lowest BCUT2D eigenvalue weighted by Gasteiger charge is -2.36. The van der Waals surface area contributed by atoms with Gasteiger partial charge in [-0.3, -0.25) is 14.5 Å². The van der Waals surface area contributed by atoms with Crippen molar-refractivity contribution in [1.29, 1.82) is 0 Å². The summed E-state index contributed by atoms with van der Waals surface area (Å²) in [6, 6.07) is 8.41. The zero-order chi connectivity index (χ0) is 19.1. The molecule has 2 atom stereocenters. The van der Waals surface area contributed by atoms with Crippen LogP contribution in [-0.2, 0) is 9.59 Å². The number of fused-ring (bicyclic) bond motifs is 1. The second-order valence-electron chi connectivity index (χ2n) is 8.36. The Kier molecular flexibility index (Phi) is 4.78. The zero-order valence-electron chi connectivity index (χ0n) is 15.9. The Balaban J connectivity index is 1.75. The number of nitrogens with zero attached hydrogens (tertiary/aromatic N) is 3. The number of hydrogen-bond donors (Lipinski definition) is 0. The molecular weight excluding hydrogens is 330 g/mol. The molecule has 0 aromatic heterocycles. The fourth-order valence-corrected chi connectivity index (χ4v) is 3.65. The maximum atomic E-state index is 12.9. The summed E-state index contributed by atoms with van der Waals surface area (Å²) in [5.41, 5.74) is 0.826. The zero-order valence-corrected chi connectivity index (χ0v) is 15.9. The summed E-state index contributed by atoms with van der Waals surface area (Å²) >= 11 is 0. The molecule has 0 spiro atoms. The van der Waals surface area contributed by atoms with E-state index in [1.807, 2.05) is 58.0 Å². The number of piperazine rings is 1. The molecule has 2 fully saturated rings. The number of rotatable bonds is 3. The molecule has 2 aliphatic rings. The normalized spacial score (nSPS) is 21.8. The minimum atomic E-state index is -0.564. The molecule has 2 aliphatic heterocycles. The average molecular weight is 357 g/mol. The van der Waals surface area contributed by atoms with Gasteiger partial charge in [-0.25, -0.2) is 4.79 Å². The van der Waals surface area contributed by atoms with Gasteiger partial charge >= 0.3 is 6.03 Å². The van der Waals surface area contributed by atoms with Crippen molar-refractivity contribution in [3.63, 3.8) is 0 Å². The third kappa shape index (κ3) is 3.45. The van der Waals surface area contributed by atoms with Crippen molar-refractivity contribution in [2.24, 2.45) is 5.41 Å². The SMILES string of the molecule is C[C@H](c1ccccc1)N1C(=O)[C@@H]2CN(C(=O)CC(C)(C)C)CCN2C1=O. The average Bonchev–Trinajstić information content (AvgIpc) is 2.84. The highest BCUT2D eigenvalue weighted by atomic mass is 16.2. The molecule has 0 N–H and O–H groups in total. The van der Waals surface area contributed by atoms with Gasteiger partial charge in [-0.05, 0) is 17.9 Å². The second-order valence-corrected chi connectivity index (χ2v) is 8.36. The summed E-state index contributed by atoms with van der Waals surface area (Å²) in [4.78, 5) is 43.0. The lowest BCUT2D eigenvalue weighted by molar-refractivity contribution is -0.137. The summed E-state index contributed by atoms with van der Waals surface area (Å²) < 4.78 is 0. The van der Waals surface area contributed by atoms with E-state index in [-0.39, 0.29) is 35.8 Å². The Morgan fingerprint density at radius 1 is 1.15 bits per heavy atom. The summed E-state index contributed by atoms with van der Waals surface area (Å²) in [5.74, 6) is -0.161. The van der Waals surface area contributed by atoms with E-state index in [0.29, 0.717) is 19.5 Å². The third-order valence-corrected chi connectivity index (χ3v) is 5.06. The first kappa shape index (κ1) is 18.4. The summed E-state index contributed by atoms with van der Waals surface area (Å²) in [6.45, 7) is 9.11. The molecule has 0 radical (unpaired) electrons. The first-order valence-electron chi connectivity index (χ1n) is 9.15. The Hall–Kier alpha value is -2.37.